The molecule has 0 aliphatic rings. The van der Waals surface area contributed by atoms with Gasteiger partial charge in [-0.1, -0.05) is 55.0 Å². The van der Waals surface area contributed by atoms with E-state index in [9.17, 15) is 13.2 Å². The van der Waals surface area contributed by atoms with Crippen molar-refractivity contribution < 1.29 is 13.2 Å². The molecule has 0 bridgehead atoms. The third-order valence-corrected chi connectivity index (χ3v) is 6.61. The summed E-state index contributed by atoms with van der Waals surface area (Å²) in [5, 5.41) is 4.31. The maximum atomic E-state index is 13.4. The molecule has 0 spiro atoms. The molecule has 158 valence electrons. The van der Waals surface area contributed by atoms with E-state index >= 15 is 0 Å². The van der Waals surface area contributed by atoms with Gasteiger partial charge in [0, 0.05) is 5.69 Å². The Morgan fingerprint density at radius 1 is 1.03 bits per heavy atom. The summed E-state index contributed by atoms with van der Waals surface area (Å²) in [7, 11) is -3.83. The fraction of sp³-hybridized carbons (Fsp3) is 0.304. The molecule has 2 aromatic carbocycles. The van der Waals surface area contributed by atoms with Gasteiger partial charge >= 0.3 is 0 Å². The number of nitrogens with one attached hydrogen (secondary N) is 1. The largest absolute Gasteiger partial charge is 0.272 e. The summed E-state index contributed by atoms with van der Waals surface area (Å²) in [6, 6.07) is 17.0. The minimum atomic E-state index is -3.83. The summed E-state index contributed by atoms with van der Waals surface area (Å²) in [5.74, 6) is -0.853. The number of aryl methyl sites for hydroxylation is 3. The molecule has 0 saturated heterocycles. The molecule has 1 heterocycles. The molecule has 0 aliphatic heterocycles. The zero-order valence-corrected chi connectivity index (χ0v) is 18.5. The minimum absolute atomic E-state index is 0.169. The van der Waals surface area contributed by atoms with E-state index in [1.807, 2.05) is 64.1 Å². The van der Waals surface area contributed by atoms with Crippen molar-refractivity contribution in [2.24, 2.45) is 5.92 Å². The van der Waals surface area contributed by atoms with E-state index in [0.717, 1.165) is 22.5 Å². The molecule has 1 N–H and O–H groups in total. The SMILES string of the molecule is CC[C@H](C(=O)n1nc(C)cc1C)[C@H](NS(=O)(=O)c1ccc(C)cc1)c1ccccc1. The van der Waals surface area contributed by atoms with Gasteiger partial charge in [0.15, 0.2) is 0 Å². The molecule has 3 rings (SSSR count). The quantitative estimate of drug-likeness (QED) is 0.615. The van der Waals surface area contributed by atoms with Gasteiger partial charge in [-0.05, 0) is 51.0 Å². The van der Waals surface area contributed by atoms with Crippen molar-refractivity contribution in [1.82, 2.24) is 14.5 Å². The van der Waals surface area contributed by atoms with Gasteiger partial charge in [-0.2, -0.15) is 5.10 Å². The smallest absolute Gasteiger partial charge is 0.252 e. The number of hydrogen-bond donors (Lipinski definition) is 1. The highest BCUT2D eigenvalue weighted by Crippen LogP contribution is 2.29. The minimum Gasteiger partial charge on any atom is -0.272 e. The molecule has 3 aromatic rings. The van der Waals surface area contributed by atoms with Gasteiger partial charge in [-0.15, -0.1) is 0 Å². The van der Waals surface area contributed by atoms with Crippen LogP contribution in [0.4, 0.5) is 0 Å². The lowest BCUT2D eigenvalue weighted by molar-refractivity contribution is 0.0783. The molecule has 0 unspecified atom stereocenters. The van der Waals surface area contributed by atoms with Crippen molar-refractivity contribution in [3.05, 3.63) is 83.2 Å². The number of sulfonamides is 1. The van der Waals surface area contributed by atoms with Gasteiger partial charge in [0.25, 0.3) is 5.91 Å². The van der Waals surface area contributed by atoms with Crippen molar-refractivity contribution >= 4 is 15.9 Å². The number of rotatable bonds is 7. The fourth-order valence-corrected chi connectivity index (χ4v) is 4.82. The Morgan fingerprint density at radius 2 is 1.67 bits per heavy atom. The first-order valence-corrected chi connectivity index (χ1v) is 11.4. The normalized spacial score (nSPS) is 13.7. The molecule has 0 aliphatic carbocycles. The Kier molecular flexibility index (Phi) is 6.53. The fourth-order valence-electron chi connectivity index (χ4n) is 3.56. The molecule has 7 heteroatoms. The zero-order chi connectivity index (χ0) is 21.9. The lowest BCUT2D eigenvalue weighted by atomic mass is 9.91. The first-order valence-electron chi connectivity index (χ1n) is 9.94. The number of hydrogen-bond acceptors (Lipinski definition) is 4. The van der Waals surface area contributed by atoms with Gasteiger partial charge in [0.2, 0.25) is 10.0 Å². The first-order chi connectivity index (χ1) is 14.2. The zero-order valence-electron chi connectivity index (χ0n) is 17.7. The number of benzene rings is 2. The van der Waals surface area contributed by atoms with Crippen LogP contribution < -0.4 is 4.72 Å². The highest BCUT2D eigenvalue weighted by atomic mass is 32.2. The van der Waals surface area contributed by atoms with Crippen LogP contribution >= 0.6 is 0 Å². The first kappa shape index (κ1) is 21.9. The molecule has 0 amide bonds. The molecule has 0 radical (unpaired) electrons. The van der Waals surface area contributed by atoms with Crippen molar-refractivity contribution in [2.45, 2.75) is 45.1 Å². The number of carbonyl (C=O) groups excluding carboxylic acids is 1. The van der Waals surface area contributed by atoms with E-state index in [0.29, 0.717) is 6.42 Å². The summed E-state index contributed by atoms with van der Waals surface area (Å²) in [6.45, 7) is 7.42. The van der Waals surface area contributed by atoms with E-state index in [4.69, 9.17) is 0 Å². The van der Waals surface area contributed by atoms with Gasteiger partial charge in [-0.3, -0.25) is 4.79 Å². The van der Waals surface area contributed by atoms with Crippen molar-refractivity contribution in [3.63, 3.8) is 0 Å². The Labute approximate surface area is 178 Å². The van der Waals surface area contributed by atoms with Crippen LogP contribution in [-0.2, 0) is 10.0 Å². The summed E-state index contributed by atoms with van der Waals surface area (Å²) in [5.41, 5.74) is 3.17. The van der Waals surface area contributed by atoms with Crippen LogP contribution in [0, 0.1) is 26.7 Å². The third-order valence-electron chi connectivity index (χ3n) is 5.15. The second kappa shape index (κ2) is 8.93. The van der Waals surface area contributed by atoms with Crippen molar-refractivity contribution in [3.8, 4) is 0 Å². The highest BCUT2D eigenvalue weighted by molar-refractivity contribution is 7.89. The molecule has 1 aromatic heterocycles. The average molecular weight is 426 g/mol. The van der Waals surface area contributed by atoms with Crippen LogP contribution in [0.3, 0.4) is 0 Å². The van der Waals surface area contributed by atoms with Crippen LogP contribution in [0.25, 0.3) is 0 Å². The van der Waals surface area contributed by atoms with E-state index in [1.165, 1.54) is 4.68 Å². The topological polar surface area (TPSA) is 81.1 Å². The average Bonchev–Trinajstić information content (AvgIpc) is 3.06. The Bertz CT molecular complexity index is 1120. The number of aromatic nitrogens is 2. The monoisotopic (exact) mass is 425 g/mol. The van der Waals surface area contributed by atoms with Gasteiger partial charge < -0.3 is 0 Å². The van der Waals surface area contributed by atoms with E-state index in [1.54, 1.807) is 24.3 Å². The lowest BCUT2D eigenvalue weighted by Gasteiger charge is -2.27. The summed E-state index contributed by atoms with van der Waals surface area (Å²) >= 11 is 0. The number of nitrogens with zero attached hydrogens (tertiary/aromatic N) is 2. The predicted molar refractivity (Wildman–Crippen MR) is 117 cm³/mol. The second-order valence-electron chi connectivity index (χ2n) is 7.51. The second-order valence-corrected chi connectivity index (χ2v) is 9.23. The van der Waals surface area contributed by atoms with Crippen molar-refractivity contribution in [2.75, 3.05) is 0 Å². The van der Waals surface area contributed by atoms with Crippen LogP contribution in [0.5, 0.6) is 0 Å². The van der Waals surface area contributed by atoms with Gasteiger partial charge in [-0.25, -0.2) is 17.8 Å². The Morgan fingerprint density at radius 3 is 2.20 bits per heavy atom. The van der Waals surface area contributed by atoms with Crippen LogP contribution in [-0.4, -0.2) is 24.1 Å². The predicted octanol–water partition coefficient (Wildman–Crippen LogP) is 4.19. The Balaban J connectivity index is 2.02. The molecular formula is C23H27N3O3S. The summed E-state index contributed by atoms with van der Waals surface area (Å²) in [4.78, 5) is 13.5. The van der Waals surface area contributed by atoms with E-state index < -0.39 is 22.0 Å². The maximum Gasteiger partial charge on any atom is 0.252 e. The molecule has 6 nitrogen and oxygen atoms in total. The van der Waals surface area contributed by atoms with Gasteiger partial charge in [0.1, 0.15) is 0 Å². The van der Waals surface area contributed by atoms with Crippen LogP contribution in [0.1, 0.15) is 46.7 Å². The molecule has 0 saturated carbocycles. The lowest BCUT2D eigenvalue weighted by Crippen LogP contribution is -2.39. The maximum absolute atomic E-state index is 13.4. The van der Waals surface area contributed by atoms with E-state index in [2.05, 4.69) is 9.82 Å². The molecular weight excluding hydrogens is 398 g/mol. The van der Waals surface area contributed by atoms with Gasteiger partial charge in [0.05, 0.1) is 22.5 Å². The Hall–Kier alpha value is -2.77. The van der Waals surface area contributed by atoms with E-state index in [-0.39, 0.29) is 10.8 Å². The summed E-state index contributed by atoms with van der Waals surface area (Å²) in [6.07, 6.45) is 0.452. The van der Waals surface area contributed by atoms with Crippen molar-refractivity contribution in [1.29, 1.82) is 0 Å². The molecule has 0 fully saturated rings. The standard InChI is InChI=1S/C23H27N3O3S/c1-5-21(23(27)26-18(4)15-17(3)24-26)22(19-9-7-6-8-10-19)25-30(28,29)20-13-11-16(2)12-14-20/h6-15,21-22,25H,5H2,1-4H3/t21-,22+/m0/s1. The van der Waals surface area contributed by atoms with Crippen LogP contribution in [0.2, 0.25) is 0 Å². The van der Waals surface area contributed by atoms with Crippen LogP contribution in [0.15, 0.2) is 65.6 Å². The molecule has 30 heavy (non-hydrogen) atoms. The highest BCUT2D eigenvalue weighted by Gasteiger charge is 2.33. The summed E-state index contributed by atoms with van der Waals surface area (Å²) < 4.78 is 30.4. The number of carbonyl (C=O) groups is 1. The third kappa shape index (κ3) is 4.68. The molecule has 2 atom stereocenters.